The molecule has 3 aliphatic carbocycles. The van der Waals surface area contributed by atoms with Crippen molar-refractivity contribution in [1.29, 1.82) is 10.5 Å². The molecule has 138 valence electrons. The van der Waals surface area contributed by atoms with E-state index in [1.165, 1.54) is 0 Å². The van der Waals surface area contributed by atoms with Crippen molar-refractivity contribution in [2.24, 2.45) is 15.9 Å². The summed E-state index contributed by atoms with van der Waals surface area (Å²) in [5, 5.41) is 28.3. The van der Waals surface area contributed by atoms with Crippen molar-refractivity contribution >= 4 is 12.1 Å². The van der Waals surface area contributed by atoms with Gasteiger partial charge < -0.3 is 0 Å². The van der Waals surface area contributed by atoms with Crippen molar-refractivity contribution in [3.05, 3.63) is 53.3 Å². The van der Waals surface area contributed by atoms with E-state index in [4.69, 9.17) is 10.5 Å². The van der Waals surface area contributed by atoms with Crippen molar-refractivity contribution in [2.75, 3.05) is 0 Å². The quantitative estimate of drug-likeness (QED) is 0.826. The van der Waals surface area contributed by atoms with Crippen LogP contribution in [0.5, 0.6) is 0 Å². The van der Waals surface area contributed by atoms with E-state index < -0.39 is 0 Å². The van der Waals surface area contributed by atoms with Crippen molar-refractivity contribution < 1.29 is 4.79 Å². The molecular formula is C21H18N6O. The normalized spacial score (nSPS) is 29.5. The minimum atomic E-state index is -0.308. The Hall–Kier alpha value is -3.45. The fourth-order valence-corrected chi connectivity index (χ4v) is 5.19. The summed E-state index contributed by atoms with van der Waals surface area (Å²) >= 11 is 0. The summed E-state index contributed by atoms with van der Waals surface area (Å²) in [4.78, 5) is 13.3. The van der Waals surface area contributed by atoms with Crippen LogP contribution < -0.4 is 0 Å². The first-order chi connectivity index (χ1) is 13.6. The molecule has 0 spiro atoms. The van der Waals surface area contributed by atoms with Gasteiger partial charge in [0.1, 0.15) is 6.07 Å². The number of carbonyl (C=O) groups is 1. The Balaban J connectivity index is 1.28. The van der Waals surface area contributed by atoms with E-state index in [0.717, 1.165) is 31.4 Å². The van der Waals surface area contributed by atoms with Crippen LogP contribution in [-0.2, 0) is 11.3 Å². The molecule has 1 atom stereocenters. The Bertz CT molecular complexity index is 1070. The Morgan fingerprint density at radius 3 is 2.71 bits per heavy atom. The molecule has 7 heteroatoms. The van der Waals surface area contributed by atoms with Crippen LogP contribution >= 0.6 is 0 Å². The summed E-state index contributed by atoms with van der Waals surface area (Å²) in [5.74, 6) is 0.0914. The van der Waals surface area contributed by atoms with Crippen LogP contribution in [0.2, 0.25) is 0 Å². The third-order valence-electron chi connectivity index (χ3n) is 6.29. The number of amides is 1. The summed E-state index contributed by atoms with van der Waals surface area (Å²) in [6.45, 7) is 0.751. The average molecular weight is 370 g/mol. The number of hydrogen-bond acceptors (Lipinski definition) is 5. The molecule has 6 rings (SSSR count). The molecule has 0 saturated heterocycles. The van der Waals surface area contributed by atoms with Gasteiger partial charge in [0.15, 0.2) is 0 Å². The minimum Gasteiger partial charge on any atom is -0.272 e. The molecule has 1 amide bonds. The third-order valence-corrected chi connectivity index (χ3v) is 6.29. The molecule has 28 heavy (non-hydrogen) atoms. The second kappa shape index (κ2) is 5.77. The second-order valence-electron chi connectivity index (χ2n) is 8.29. The summed E-state index contributed by atoms with van der Waals surface area (Å²) in [6, 6.07) is 11.5. The zero-order chi connectivity index (χ0) is 19.4. The zero-order valence-corrected chi connectivity index (χ0v) is 15.2. The lowest BCUT2D eigenvalue weighted by atomic mass is 9.34. The highest BCUT2D eigenvalue weighted by Crippen LogP contribution is 2.74. The fourth-order valence-electron chi connectivity index (χ4n) is 5.19. The Morgan fingerprint density at radius 1 is 1.21 bits per heavy atom. The number of aromatic nitrogens is 2. The van der Waals surface area contributed by atoms with E-state index in [0.29, 0.717) is 17.5 Å². The van der Waals surface area contributed by atoms with Crippen LogP contribution in [-0.4, -0.2) is 26.9 Å². The SMILES string of the molecule is N#Cc1cccc(C2CC=NN2C(=O)C23CC(Cn4cc(C#N)cn4)(C2)C3)c1. The molecule has 0 N–H and O–H groups in total. The molecule has 2 heterocycles. The van der Waals surface area contributed by atoms with Gasteiger partial charge >= 0.3 is 0 Å². The van der Waals surface area contributed by atoms with Gasteiger partial charge in [-0.05, 0) is 42.4 Å². The highest BCUT2D eigenvalue weighted by Gasteiger charge is 2.72. The van der Waals surface area contributed by atoms with Crippen LogP contribution in [0, 0.1) is 33.5 Å². The van der Waals surface area contributed by atoms with Crippen LogP contribution in [0.4, 0.5) is 0 Å². The third kappa shape index (κ3) is 2.36. The Morgan fingerprint density at radius 2 is 2.00 bits per heavy atom. The number of nitriles is 2. The molecule has 1 aromatic heterocycles. The van der Waals surface area contributed by atoms with Crippen molar-refractivity contribution in [3.8, 4) is 12.1 Å². The largest absolute Gasteiger partial charge is 0.272 e. The van der Waals surface area contributed by atoms with Crippen LogP contribution in [0.15, 0.2) is 41.8 Å². The topological polar surface area (TPSA) is 98.1 Å². The first-order valence-corrected chi connectivity index (χ1v) is 9.35. The maximum atomic E-state index is 13.3. The maximum absolute atomic E-state index is 13.3. The van der Waals surface area contributed by atoms with Crippen molar-refractivity contribution in [2.45, 2.75) is 38.3 Å². The lowest BCUT2D eigenvalue weighted by Crippen LogP contribution is -2.68. The summed E-state index contributed by atoms with van der Waals surface area (Å²) < 4.78 is 1.82. The number of hydrogen-bond donors (Lipinski definition) is 0. The van der Waals surface area contributed by atoms with Gasteiger partial charge in [-0.1, -0.05) is 12.1 Å². The van der Waals surface area contributed by atoms with E-state index in [-0.39, 0.29) is 22.8 Å². The van der Waals surface area contributed by atoms with Gasteiger partial charge in [-0.3, -0.25) is 9.48 Å². The number of benzene rings is 1. The summed E-state index contributed by atoms with van der Waals surface area (Å²) in [6.07, 6.45) is 8.33. The van der Waals surface area contributed by atoms with E-state index in [2.05, 4.69) is 22.3 Å². The van der Waals surface area contributed by atoms with E-state index >= 15 is 0 Å². The second-order valence-corrected chi connectivity index (χ2v) is 8.29. The first-order valence-electron chi connectivity index (χ1n) is 9.35. The number of hydrazone groups is 1. The van der Waals surface area contributed by atoms with Crippen LogP contribution in [0.25, 0.3) is 0 Å². The molecule has 0 radical (unpaired) electrons. The average Bonchev–Trinajstić information content (AvgIpc) is 3.32. The molecule has 1 aliphatic heterocycles. The molecule has 4 aliphatic rings. The van der Waals surface area contributed by atoms with Gasteiger partial charge in [0, 0.05) is 25.4 Å². The van der Waals surface area contributed by atoms with Crippen molar-refractivity contribution in [1.82, 2.24) is 14.8 Å². The smallest absolute Gasteiger partial charge is 0.249 e. The van der Waals surface area contributed by atoms with E-state index in [1.54, 1.807) is 29.7 Å². The summed E-state index contributed by atoms with van der Waals surface area (Å²) in [7, 11) is 0. The molecule has 1 aromatic carbocycles. The van der Waals surface area contributed by atoms with Gasteiger partial charge in [-0.15, -0.1) is 0 Å². The molecule has 3 fully saturated rings. The summed E-state index contributed by atoms with van der Waals surface area (Å²) in [5.41, 5.74) is 1.92. The fraction of sp³-hybridized carbons (Fsp3) is 0.381. The van der Waals surface area contributed by atoms with E-state index in [9.17, 15) is 4.79 Å². The molecule has 2 aromatic rings. The maximum Gasteiger partial charge on any atom is 0.249 e. The molecule has 3 saturated carbocycles. The lowest BCUT2D eigenvalue weighted by molar-refractivity contribution is -0.223. The highest BCUT2D eigenvalue weighted by molar-refractivity contribution is 5.88. The van der Waals surface area contributed by atoms with Gasteiger partial charge in [-0.2, -0.15) is 20.7 Å². The molecule has 2 bridgehead atoms. The van der Waals surface area contributed by atoms with Crippen molar-refractivity contribution in [3.63, 3.8) is 0 Å². The minimum absolute atomic E-state index is 0.0914. The highest BCUT2D eigenvalue weighted by atomic mass is 16.2. The van der Waals surface area contributed by atoms with Gasteiger partial charge in [-0.25, -0.2) is 5.01 Å². The predicted octanol–water partition coefficient (Wildman–Crippen LogP) is 2.76. The Kier molecular flexibility index (Phi) is 3.44. The lowest BCUT2D eigenvalue weighted by Gasteiger charge is -2.69. The van der Waals surface area contributed by atoms with Gasteiger partial charge in [0.05, 0.1) is 34.8 Å². The predicted molar refractivity (Wildman–Crippen MR) is 99.5 cm³/mol. The standard InChI is InChI=1S/C21H18N6O/c22-7-15-2-1-3-17(6-15)18-4-5-24-27(18)19(28)21-11-20(12-21,13-21)14-26-10-16(8-23)9-25-26/h1-3,5-6,9-10,18H,4,11-14H2. The molecule has 1 unspecified atom stereocenters. The molecular weight excluding hydrogens is 352 g/mol. The number of nitrogens with zero attached hydrogens (tertiary/aromatic N) is 6. The van der Waals surface area contributed by atoms with E-state index in [1.807, 2.05) is 22.9 Å². The van der Waals surface area contributed by atoms with Crippen LogP contribution in [0.1, 0.15) is 48.4 Å². The number of rotatable bonds is 4. The number of carbonyl (C=O) groups excluding carboxylic acids is 1. The van der Waals surface area contributed by atoms with Gasteiger partial charge in [0.25, 0.3) is 0 Å². The monoisotopic (exact) mass is 370 g/mol. The zero-order valence-electron chi connectivity index (χ0n) is 15.2. The molecule has 7 nitrogen and oxygen atoms in total. The first kappa shape index (κ1) is 16.7. The van der Waals surface area contributed by atoms with Crippen LogP contribution in [0.3, 0.4) is 0 Å². The van der Waals surface area contributed by atoms with Gasteiger partial charge in [0.2, 0.25) is 5.91 Å². The Labute approximate surface area is 162 Å².